The predicted molar refractivity (Wildman–Crippen MR) is 112 cm³/mol. The Bertz CT molecular complexity index is 882. The van der Waals surface area contributed by atoms with Crippen LogP contribution < -0.4 is 4.74 Å². The van der Waals surface area contributed by atoms with Crippen LogP contribution in [-0.2, 0) is 12.8 Å². The minimum absolute atomic E-state index is 0.524. The maximum absolute atomic E-state index is 10.0. The molecule has 0 atom stereocenters. The van der Waals surface area contributed by atoms with Gasteiger partial charge in [0, 0.05) is 12.8 Å². The SMILES string of the molecule is COc1ccc(CCC(C#N)=Nc2ccc(CCC(O)=C3CCC3)cc2)cc1. The van der Waals surface area contributed by atoms with E-state index in [9.17, 15) is 10.4 Å². The van der Waals surface area contributed by atoms with E-state index in [1.54, 1.807) is 7.11 Å². The first-order valence-electron chi connectivity index (χ1n) is 9.77. The Kier molecular flexibility index (Phi) is 6.86. The molecule has 4 heteroatoms. The van der Waals surface area contributed by atoms with Crippen LogP contribution in [0.5, 0.6) is 5.75 Å². The summed E-state index contributed by atoms with van der Waals surface area (Å²) in [6.07, 6.45) is 6.19. The monoisotopic (exact) mass is 374 g/mol. The van der Waals surface area contributed by atoms with Gasteiger partial charge in [0.15, 0.2) is 0 Å². The van der Waals surface area contributed by atoms with Gasteiger partial charge in [-0.2, -0.15) is 5.26 Å². The maximum Gasteiger partial charge on any atom is 0.118 e. The molecule has 0 spiro atoms. The zero-order valence-corrected chi connectivity index (χ0v) is 16.3. The zero-order valence-electron chi connectivity index (χ0n) is 16.3. The van der Waals surface area contributed by atoms with Crippen LogP contribution in [0.4, 0.5) is 5.69 Å². The van der Waals surface area contributed by atoms with Gasteiger partial charge < -0.3 is 9.84 Å². The van der Waals surface area contributed by atoms with Crippen molar-refractivity contribution in [2.24, 2.45) is 4.99 Å². The molecule has 0 bridgehead atoms. The van der Waals surface area contributed by atoms with Crippen molar-refractivity contribution in [3.63, 3.8) is 0 Å². The van der Waals surface area contributed by atoms with Gasteiger partial charge in [-0.3, -0.25) is 0 Å². The van der Waals surface area contributed by atoms with Crippen molar-refractivity contribution in [1.82, 2.24) is 0 Å². The highest BCUT2D eigenvalue weighted by atomic mass is 16.5. The summed E-state index contributed by atoms with van der Waals surface area (Å²) in [5, 5.41) is 19.4. The van der Waals surface area contributed by atoms with Crippen LogP contribution in [0.1, 0.15) is 43.2 Å². The molecule has 1 aliphatic carbocycles. The first-order valence-corrected chi connectivity index (χ1v) is 9.77. The lowest BCUT2D eigenvalue weighted by Crippen LogP contribution is -2.02. The second-order valence-electron chi connectivity index (χ2n) is 7.09. The molecule has 1 saturated carbocycles. The van der Waals surface area contributed by atoms with Gasteiger partial charge in [0.05, 0.1) is 18.6 Å². The highest BCUT2D eigenvalue weighted by molar-refractivity contribution is 6.00. The Morgan fingerprint density at radius 2 is 1.61 bits per heavy atom. The number of nitriles is 1. The molecule has 2 aromatic carbocycles. The van der Waals surface area contributed by atoms with Crippen molar-refractivity contribution >= 4 is 11.4 Å². The van der Waals surface area contributed by atoms with E-state index in [1.807, 2.05) is 48.5 Å². The summed E-state index contributed by atoms with van der Waals surface area (Å²) in [6.45, 7) is 0. The van der Waals surface area contributed by atoms with E-state index in [2.05, 4.69) is 11.1 Å². The van der Waals surface area contributed by atoms with E-state index < -0.39 is 0 Å². The number of rotatable bonds is 8. The number of ether oxygens (including phenoxy) is 1. The van der Waals surface area contributed by atoms with Gasteiger partial charge in [-0.25, -0.2) is 4.99 Å². The number of aryl methyl sites for hydroxylation is 2. The van der Waals surface area contributed by atoms with Gasteiger partial charge in [0.1, 0.15) is 17.5 Å². The summed E-state index contributed by atoms with van der Waals surface area (Å²) in [5.74, 6) is 1.40. The second-order valence-corrected chi connectivity index (χ2v) is 7.09. The molecule has 0 amide bonds. The molecule has 0 saturated heterocycles. The summed E-state index contributed by atoms with van der Waals surface area (Å²) >= 11 is 0. The first-order chi connectivity index (χ1) is 13.7. The normalized spacial score (nSPS) is 13.6. The van der Waals surface area contributed by atoms with Crippen LogP contribution in [0, 0.1) is 11.3 Å². The molecular weight excluding hydrogens is 348 g/mol. The van der Waals surface area contributed by atoms with Gasteiger partial charge in [-0.15, -0.1) is 0 Å². The highest BCUT2D eigenvalue weighted by Gasteiger charge is 2.13. The molecule has 28 heavy (non-hydrogen) atoms. The van der Waals surface area contributed by atoms with Gasteiger partial charge >= 0.3 is 0 Å². The molecule has 0 heterocycles. The van der Waals surface area contributed by atoms with Crippen molar-refractivity contribution in [3.8, 4) is 11.8 Å². The van der Waals surface area contributed by atoms with Crippen molar-refractivity contribution in [1.29, 1.82) is 5.26 Å². The third kappa shape index (κ3) is 5.47. The fourth-order valence-corrected chi connectivity index (χ4v) is 3.17. The van der Waals surface area contributed by atoms with Gasteiger partial charge in [0.25, 0.3) is 0 Å². The van der Waals surface area contributed by atoms with Crippen LogP contribution in [0.15, 0.2) is 64.9 Å². The fraction of sp³-hybridized carbons (Fsp3) is 0.333. The predicted octanol–water partition coefficient (Wildman–Crippen LogP) is 5.85. The molecular formula is C24H26N2O2. The Morgan fingerprint density at radius 1 is 1.00 bits per heavy atom. The number of aliphatic imine (C=N–C) groups is 1. The number of aliphatic hydroxyl groups excluding tert-OH is 1. The molecule has 1 N–H and O–H groups in total. The third-order valence-electron chi connectivity index (χ3n) is 5.15. The standard InChI is InChI=1S/C24H26N2O2/c1-28-23-14-8-19(9-15-23)7-13-22(17-25)26-21-11-5-18(6-12-21)10-16-24(27)20-3-2-4-20/h5-6,8-9,11-12,14-15,27H,2-4,7,10,13,16H2,1H3. The van der Waals surface area contributed by atoms with E-state index in [4.69, 9.17) is 4.74 Å². The molecule has 2 aromatic rings. The number of nitrogens with zero attached hydrogens (tertiary/aromatic N) is 2. The van der Waals surface area contributed by atoms with Crippen LogP contribution in [0.25, 0.3) is 0 Å². The number of methoxy groups -OCH3 is 1. The topological polar surface area (TPSA) is 65.6 Å². The summed E-state index contributed by atoms with van der Waals surface area (Å²) in [4.78, 5) is 4.48. The number of allylic oxidation sites excluding steroid dienone is 2. The number of hydrogen-bond donors (Lipinski definition) is 1. The Hall–Kier alpha value is -3.06. The Morgan fingerprint density at radius 3 is 2.14 bits per heavy atom. The van der Waals surface area contributed by atoms with E-state index in [0.717, 1.165) is 42.7 Å². The highest BCUT2D eigenvalue weighted by Crippen LogP contribution is 2.29. The minimum atomic E-state index is 0.524. The van der Waals surface area contributed by atoms with Gasteiger partial charge in [-0.1, -0.05) is 24.3 Å². The summed E-state index contributed by atoms with van der Waals surface area (Å²) in [5.41, 5.74) is 4.85. The first kappa shape index (κ1) is 19.7. The molecule has 0 radical (unpaired) electrons. The van der Waals surface area contributed by atoms with Crippen LogP contribution in [0.2, 0.25) is 0 Å². The lowest BCUT2D eigenvalue weighted by molar-refractivity contribution is 0.365. The average molecular weight is 374 g/mol. The number of hydrogen-bond acceptors (Lipinski definition) is 4. The van der Waals surface area contributed by atoms with E-state index >= 15 is 0 Å². The quantitative estimate of drug-likeness (QED) is 0.465. The summed E-state index contributed by atoms with van der Waals surface area (Å²) in [7, 11) is 1.65. The number of aliphatic hydroxyl groups is 1. The third-order valence-corrected chi connectivity index (χ3v) is 5.15. The van der Waals surface area contributed by atoms with Gasteiger partial charge in [0.2, 0.25) is 0 Å². The smallest absolute Gasteiger partial charge is 0.118 e. The van der Waals surface area contributed by atoms with E-state index in [0.29, 0.717) is 24.3 Å². The molecule has 1 fully saturated rings. The zero-order chi connectivity index (χ0) is 19.8. The van der Waals surface area contributed by atoms with Crippen molar-refractivity contribution < 1.29 is 9.84 Å². The summed E-state index contributed by atoms with van der Waals surface area (Å²) in [6, 6.07) is 18.0. The second kappa shape index (κ2) is 9.75. The largest absolute Gasteiger partial charge is 0.512 e. The van der Waals surface area contributed by atoms with Gasteiger partial charge in [-0.05, 0) is 73.1 Å². The van der Waals surface area contributed by atoms with Crippen LogP contribution in [-0.4, -0.2) is 17.9 Å². The molecule has 3 rings (SSSR count). The molecule has 144 valence electrons. The van der Waals surface area contributed by atoms with E-state index in [1.165, 1.54) is 17.6 Å². The summed E-state index contributed by atoms with van der Waals surface area (Å²) < 4.78 is 5.16. The molecule has 4 nitrogen and oxygen atoms in total. The Labute approximate surface area is 166 Å². The molecule has 0 unspecified atom stereocenters. The lowest BCUT2D eigenvalue weighted by Gasteiger charge is -2.18. The van der Waals surface area contributed by atoms with Crippen LogP contribution in [0.3, 0.4) is 0 Å². The van der Waals surface area contributed by atoms with Crippen LogP contribution >= 0.6 is 0 Å². The molecule has 0 aromatic heterocycles. The Balaban J connectivity index is 1.55. The molecule has 1 aliphatic rings. The van der Waals surface area contributed by atoms with Crippen molar-refractivity contribution in [2.45, 2.75) is 44.9 Å². The maximum atomic E-state index is 10.0. The fourth-order valence-electron chi connectivity index (χ4n) is 3.17. The van der Waals surface area contributed by atoms with E-state index in [-0.39, 0.29) is 0 Å². The van der Waals surface area contributed by atoms with Crippen molar-refractivity contribution in [3.05, 3.63) is 71.0 Å². The van der Waals surface area contributed by atoms with Crippen molar-refractivity contribution in [2.75, 3.05) is 7.11 Å². The molecule has 0 aliphatic heterocycles. The average Bonchev–Trinajstić information content (AvgIpc) is 2.69. The number of benzene rings is 2. The minimum Gasteiger partial charge on any atom is -0.512 e. The lowest BCUT2D eigenvalue weighted by atomic mass is 9.90.